The quantitative estimate of drug-likeness (QED) is 0.484. The van der Waals surface area contributed by atoms with Gasteiger partial charge in [-0.05, 0) is 12.1 Å². The molecule has 0 aromatic heterocycles. The van der Waals surface area contributed by atoms with E-state index in [1.165, 1.54) is 12.1 Å². The largest absolute Gasteiger partial charge is 1.00 e. The third-order valence-corrected chi connectivity index (χ3v) is 1.51. The Morgan fingerprint density at radius 2 is 1.64 bits per heavy atom. The van der Waals surface area contributed by atoms with Gasteiger partial charge in [0.15, 0.2) is 0 Å². The molecule has 1 amide bonds. The van der Waals surface area contributed by atoms with Crippen LogP contribution in [0.1, 0.15) is 0 Å². The first-order valence-electron chi connectivity index (χ1n) is 3.54. The SMILES string of the molecule is O=CNc1ccc([B-](F)(F)F)cc1.[K+]. The van der Waals surface area contributed by atoms with Crippen molar-refractivity contribution in [3.05, 3.63) is 24.3 Å². The van der Waals surface area contributed by atoms with Crippen LogP contribution in [-0.4, -0.2) is 13.4 Å². The Morgan fingerprint density at radius 1 is 1.14 bits per heavy atom. The van der Waals surface area contributed by atoms with Crippen molar-refractivity contribution in [1.82, 2.24) is 0 Å². The Kier molecular flexibility index (Phi) is 5.99. The van der Waals surface area contributed by atoms with Crippen LogP contribution < -0.4 is 62.2 Å². The van der Waals surface area contributed by atoms with Crippen molar-refractivity contribution >= 4 is 24.5 Å². The van der Waals surface area contributed by atoms with Crippen molar-refractivity contribution in [2.75, 3.05) is 5.32 Å². The number of carbonyl (C=O) groups excluding carboxylic acids is 1. The molecule has 0 saturated carbocycles. The second kappa shape index (κ2) is 5.92. The van der Waals surface area contributed by atoms with Gasteiger partial charge in [0.2, 0.25) is 6.41 Å². The molecule has 0 heterocycles. The van der Waals surface area contributed by atoms with Gasteiger partial charge in [-0.1, -0.05) is 12.1 Å². The Labute approximate surface area is 122 Å². The van der Waals surface area contributed by atoms with Gasteiger partial charge < -0.3 is 18.3 Å². The molecule has 2 nitrogen and oxygen atoms in total. The van der Waals surface area contributed by atoms with Crippen molar-refractivity contribution in [3.8, 4) is 0 Å². The molecule has 70 valence electrons. The van der Waals surface area contributed by atoms with E-state index < -0.39 is 12.4 Å². The summed E-state index contributed by atoms with van der Waals surface area (Å²) < 4.78 is 36.2. The van der Waals surface area contributed by atoms with Crippen LogP contribution in [0.3, 0.4) is 0 Å². The van der Waals surface area contributed by atoms with Gasteiger partial charge in [0, 0.05) is 5.69 Å². The normalized spacial score (nSPS) is 10.2. The van der Waals surface area contributed by atoms with Gasteiger partial charge in [-0.2, -0.15) is 0 Å². The molecule has 0 spiro atoms. The Bertz CT molecular complexity index is 301. The Morgan fingerprint density at radius 3 is 2.00 bits per heavy atom. The first kappa shape index (κ1) is 14.2. The van der Waals surface area contributed by atoms with Gasteiger partial charge in [0.25, 0.3) is 0 Å². The molecule has 0 radical (unpaired) electrons. The summed E-state index contributed by atoms with van der Waals surface area (Å²) >= 11 is 0. The summed E-state index contributed by atoms with van der Waals surface area (Å²) in [6, 6.07) is 4.29. The molecule has 0 saturated heterocycles. The Balaban J connectivity index is 0.00000169. The van der Waals surface area contributed by atoms with Crippen LogP contribution in [0.4, 0.5) is 18.6 Å². The maximum atomic E-state index is 12.1. The molecule has 0 unspecified atom stereocenters. The van der Waals surface area contributed by atoms with E-state index in [9.17, 15) is 17.7 Å². The maximum Gasteiger partial charge on any atom is 1.00 e. The van der Waals surface area contributed by atoms with Gasteiger partial charge in [-0.3, -0.25) is 4.79 Å². The predicted octanol–water partition coefficient (Wildman–Crippen LogP) is -1.69. The third-order valence-electron chi connectivity index (χ3n) is 1.51. The van der Waals surface area contributed by atoms with Crippen LogP contribution in [0, 0.1) is 0 Å². The van der Waals surface area contributed by atoms with Crippen LogP contribution in [0.2, 0.25) is 0 Å². The van der Waals surface area contributed by atoms with Crippen molar-refractivity contribution in [3.63, 3.8) is 0 Å². The van der Waals surface area contributed by atoms with Crippen LogP contribution >= 0.6 is 0 Å². The molecule has 1 rings (SSSR count). The number of halogens is 3. The molecule has 1 aromatic rings. The van der Waals surface area contributed by atoms with Crippen molar-refractivity contribution in [2.24, 2.45) is 0 Å². The van der Waals surface area contributed by atoms with E-state index in [0.717, 1.165) is 12.1 Å². The average molecular weight is 227 g/mol. The summed E-state index contributed by atoms with van der Waals surface area (Å²) in [5.41, 5.74) is -0.324. The second-order valence-corrected chi connectivity index (χ2v) is 2.46. The van der Waals surface area contributed by atoms with E-state index in [0.29, 0.717) is 12.1 Å². The number of anilines is 1. The molecular weight excluding hydrogens is 221 g/mol. The van der Waals surface area contributed by atoms with Crippen LogP contribution in [0.5, 0.6) is 0 Å². The zero-order valence-corrected chi connectivity index (χ0v) is 10.6. The first-order chi connectivity index (χ1) is 6.04. The molecule has 0 aliphatic carbocycles. The number of hydrogen-bond donors (Lipinski definition) is 1. The monoisotopic (exact) mass is 227 g/mol. The number of amides is 1. The second-order valence-electron chi connectivity index (χ2n) is 2.46. The summed E-state index contributed by atoms with van der Waals surface area (Å²) in [6.07, 6.45) is 0.410. The zero-order valence-electron chi connectivity index (χ0n) is 7.51. The summed E-state index contributed by atoms with van der Waals surface area (Å²) in [5, 5.41) is 2.25. The molecule has 0 aliphatic rings. The molecule has 0 atom stereocenters. The number of hydrogen-bond acceptors (Lipinski definition) is 1. The first-order valence-corrected chi connectivity index (χ1v) is 3.54. The fraction of sp³-hybridized carbons (Fsp3) is 0. The van der Waals surface area contributed by atoms with Crippen LogP contribution in [-0.2, 0) is 4.79 Å². The molecule has 1 aromatic carbocycles. The average Bonchev–Trinajstić information content (AvgIpc) is 2.04. The minimum absolute atomic E-state index is 0. The van der Waals surface area contributed by atoms with Crippen molar-refractivity contribution in [2.45, 2.75) is 0 Å². The van der Waals surface area contributed by atoms with Crippen LogP contribution in [0.15, 0.2) is 24.3 Å². The number of rotatable bonds is 3. The maximum absolute atomic E-state index is 12.1. The van der Waals surface area contributed by atoms with Crippen molar-refractivity contribution < 1.29 is 69.1 Å². The van der Waals surface area contributed by atoms with Gasteiger partial charge in [-0.15, -0.1) is 5.46 Å². The van der Waals surface area contributed by atoms with Crippen LogP contribution in [0.25, 0.3) is 0 Å². The molecule has 0 aliphatic heterocycles. The minimum Gasteiger partial charge on any atom is -0.445 e. The van der Waals surface area contributed by atoms with Gasteiger partial charge in [0.05, 0.1) is 0 Å². The van der Waals surface area contributed by atoms with E-state index in [-0.39, 0.29) is 51.4 Å². The fourth-order valence-corrected chi connectivity index (χ4v) is 0.866. The van der Waals surface area contributed by atoms with Gasteiger partial charge in [0.1, 0.15) is 0 Å². The molecule has 0 fully saturated rings. The zero-order chi connectivity index (χ0) is 9.90. The Hall–Kier alpha value is 0.181. The predicted molar refractivity (Wildman–Crippen MR) is 44.8 cm³/mol. The summed E-state index contributed by atoms with van der Waals surface area (Å²) in [5.74, 6) is 0. The molecular formula is C7H6BF3KNO. The number of nitrogens with one attached hydrogen (secondary N) is 1. The third kappa shape index (κ3) is 4.14. The summed E-state index contributed by atoms with van der Waals surface area (Å²) in [4.78, 5) is 9.93. The summed E-state index contributed by atoms with van der Waals surface area (Å²) in [7, 11) is 0. The topological polar surface area (TPSA) is 29.1 Å². The van der Waals surface area contributed by atoms with Crippen molar-refractivity contribution in [1.29, 1.82) is 0 Å². The van der Waals surface area contributed by atoms with E-state index in [1.54, 1.807) is 0 Å². The number of benzene rings is 1. The van der Waals surface area contributed by atoms with Gasteiger partial charge >= 0.3 is 58.4 Å². The minimum atomic E-state index is -4.95. The van der Waals surface area contributed by atoms with E-state index in [4.69, 9.17) is 0 Å². The number of carbonyl (C=O) groups is 1. The molecule has 14 heavy (non-hydrogen) atoms. The van der Waals surface area contributed by atoms with E-state index in [1.807, 2.05) is 0 Å². The smallest absolute Gasteiger partial charge is 0.445 e. The van der Waals surface area contributed by atoms with E-state index in [2.05, 4.69) is 5.32 Å². The van der Waals surface area contributed by atoms with E-state index >= 15 is 0 Å². The standard InChI is InChI=1S/C7H6BF3NO.K/c9-8(10,11)6-1-3-7(4-2-6)12-5-13;/h1-5H,(H,12,13);/q-1;+1. The van der Waals surface area contributed by atoms with Gasteiger partial charge in [-0.25, -0.2) is 0 Å². The molecule has 0 bridgehead atoms. The molecule has 1 N–H and O–H groups in total. The molecule has 7 heteroatoms. The summed E-state index contributed by atoms with van der Waals surface area (Å²) in [6.45, 7) is -4.95. The fourth-order valence-electron chi connectivity index (χ4n) is 0.866.